The van der Waals surface area contributed by atoms with Crippen LogP contribution < -0.4 is 15.4 Å². The molecule has 22 heavy (non-hydrogen) atoms. The zero-order valence-electron chi connectivity index (χ0n) is 11.7. The van der Waals surface area contributed by atoms with Gasteiger partial charge in [-0.2, -0.15) is 5.26 Å². The second-order valence-corrected chi connectivity index (χ2v) is 4.81. The highest BCUT2D eigenvalue weighted by Gasteiger charge is 2.01. The number of hydrogen-bond donors (Lipinski definition) is 2. The highest BCUT2D eigenvalue weighted by Crippen LogP contribution is 2.15. The number of amides is 2. The van der Waals surface area contributed by atoms with Crippen LogP contribution in [0.3, 0.4) is 0 Å². The Morgan fingerprint density at radius 2 is 1.82 bits per heavy atom. The van der Waals surface area contributed by atoms with Crippen LogP contribution >= 0.6 is 11.6 Å². The summed E-state index contributed by atoms with van der Waals surface area (Å²) in [6, 6.07) is 15.3. The van der Waals surface area contributed by atoms with Crippen LogP contribution in [0, 0.1) is 11.3 Å². The lowest BCUT2D eigenvalue weighted by Gasteiger charge is -2.09. The number of nitrogens with zero attached hydrogens (tertiary/aromatic N) is 1. The number of halogens is 1. The number of urea groups is 1. The maximum atomic E-state index is 11.7. The fourth-order valence-corrected chi connectivity index (χ4v) is 1.79. The number of rotatable bonds is 5. The Balaban J connectivity index is 1.69. The van der Waals surface area contributed by atoms with Crippen molar-refractivity contribution >= 4 is 23.3 Å². The van der Waals surface area contributed by atoms with Gasteiger partial charge in [0.05, 0.1) is 18.2 Å². The average molecular weight is 316 g/mol. The van der Waals surface area contributed by atoms with Crippen LogP contribution in [0.5, 0.6) is 5.75 Å². The smallest absolute Gasteiger partial charge is 0.319 e. The predicted octanol–water partition coefficient (Wildman–Crippen LogP) is 3.41. The quantitative estimate of drug-likeness (QED) is 0.830. The van der Waals surface area contributed by atoms with Crippen molar-refractivity contribution in [2.75, 3.05) is 18.5 Å². The van der Waals surface area contributed by atoms with Crippen molar-refractivity contribution in [1.82, 2.24) is 5.32 Å². The third kappa shape index (κ3) is 5.00. The number of carbonyl (C=O) groups is 1. The molecule has 0 heterocycles. The summed E-state index contributed by atoms with van der Waals surface area (Å²) in [6.07, 6.45) is 0. The Hall–Kier alpha value is -2.71. The summed E-state index contributed by atoms with van der Waals surface area (Å²) in [5.41, 5.74) is 1.16. The lowest BCUT2D eigenvalue weighted by molar-refractivity contribution is 0.247. The van der Waals surface area contributed by atoms with Crippen LogP contribution in [-0.4, -0.2) is 19.2 Å². The molecule has 0 spiro atoms. The molecule has 0 atom stereocenters. The largest absolute Gasteiger partial charge is 0.492 e. The SMILES string of the molecule is N#Cc1ccc(NC(=O)NCCOc2ccc(Cl)cc2)cc1. The van der Waals surface area contributed by atoms with E-state index in [0.29, 0.717) is 35.2 Å². The Bertz CT molecular complexity index is 663. The summed E-state index contributed by atoms with van der Waals surface area (Å²) in [4.78, 5) is 11.7. The maximum Gasteiger partial charge on any atom is 0.319 e. The van der Waals surface area contributed by atoms with Crippen molar-refractivity contribution in [1.29, 1.82) is 5.26 Å². The topological polar surface area (TPSA) is 74.2 Å². The minimum Gasteiger partial charge on any atom is -0.492 e. The highest BCUT2D eigenvalue weighted by atomic mass is 35.5. The molecule has 6 heteroatoms. The molecule has 0 saturated carbocycles. The van der Waals surface area contributed by atoms with Crippen LogP contribution in [-0.2, 0) is 0 Å². The standard InChI is InChI=1S/C16H14ClN3O2/c17-13-3-7-15(8-4-13)22-10-9-19-16(21)20-14-5-1-12(11-18)2-6-14/h1-8H,9-10H2,(H2,19,20,21). The van der Waals surface area contributed by atoms with Crippen molar-refractivity contribution in [3.63, 3.8) is 0 Å². The Labute approximate surface area is 133 Å². The average Bonchev–Trinajstić information content (AvgIpc) is 2.54. The zero-order chi connectivity index (χ0) is 15.8. The third-order valence-electron chi connectivity index (χ3n) is 2.74. The second-order valence-electron chi connectivity index (χ2n) is 4.37. The lowest BCUT2D eigenvalue weighted by atomic mass is 10.2. The van der Waals surface area contributed by atoms with E-state index in [-0.39, 0.29) is 6.03 Å². The van der Waals surface area contributed by atoms with Crippen LogP contribution in [0.4, 0.5) is 10.5 Å². The molecule has 5 nitrogen and oxygen atoms in total. The Kier molecular flexibility index (Phi) is 5.64. The van der Waals surface area contributed by atoms with E-state index in [1.54, 1.807) is 48.5 Å². The molecule has 2 amide bonds. The van der Waals surface area contributed by atoms with Gasteiger partial charge in [-0.25, -0.2) is 4.79 Å². The number of hydrogen-bond acceptors (Lipinski definition) is 3. The highest BCUT2D eigenvalue weighted by molar-refractivity contribution is 6.30. The molecule has 0 fully saturated rings. The van der Waals surface area contributed by atoms with Gasteiger partial charge in [0.25, 0.3) is 0 Å². The molecule has 2 aromatic carbocycles. The normalized spacial score (nSPS) is 9.64. The van der Waals surface area contributed by atoms with E-state index in [1.165, 1.54) is 0 Å². The monoisotopic (exact) mass is 315 g/mol. The fourth-order valence-electron chi connectivity index (χ4n) is 1.67. The van der Waals surface area contributed by atoms with E-state index < -0.39 is 0 Å². The third-order valence-corrected chi connectivity index (χ3v) is 2.99. The van der Waals surface area contributed by atoms with E-state index in [0.717, 1.165) is 0 Å². The second kappa shape index (κ2) is 7.91. The molecule has 0 saturated heterocycles. The molecule has 0 bridgehead atoms. The van der Waals surface area contributed by atoms with Gasteiger partial charge >= 0.3 is 6.03 Å². The van der Waals surface area contributed by atoms with E-state index in [1.807, 2.05) is 6.07 Å². The summed E-state index contributed by atoms with van der Waals surface area (Å²) < 4.78 is 5.45. The van der Waals surface area contributed by atoms with Crippen molar-refractivity contribution in [2.24, 2.45) is 0 Å². The molecule has 112 valence electrons. The summed E-state index contributed by atoms with van der Waals surface area (Å²) in [6.45, 7) is 0.715. The van der Waals surface area contributed by atoms with Gasteiger partial charge in [0.15, 0.2) is 0 Å². The van der Waals surface area contributed by atoms with Crippen LogP contribution in [0.25, 0.3) is 0 Å². The Morgan fingerprint density at radius 3 is 2.45 bits per heavy atom. The summed E-state index contributed by atoms with van der Waals surface area (Å²) >= 11 is 5.77. The van der Waals surface area contributed by atoms with Crippen molar-refractivity contribution in [3.05, 3.63) is 59.1 Å². The van der Waals surface area contributed by atoms with Gasteiger partial charge in [-0.1, -0.05) is 11.6 Å². The van der Waals surface area contributed by atoms with Gasteiger partial charge in [-0.3, -0.25) is 0 Å². The molecule has 0 radical (unpaired) electrons. The van der Waals surface area contributed by atoms with E-state index in [2.05, 4.69) is 10.6 Å². The Morgan fingerprint density at radius 1 is 1.14 bits per heavy atom. The molecular formula is C16H14ClN3O2. The number of nitrogens with one attached hydrogen (secondary N) is 2. The van der Waals surface area contributed by atoms with E-state index in [9.17, 15) is 4.79 Å². The lowest BCUT2D eigenvalue weighted by Crippen LogP contribution is -2.32. The van der Waals surface area contributed by atoms with Crippen LogP contribution in [0.2, 0.25) is 5.02 Å². The van der Waals surface area contributed by atoms with Gasteiger partial charge in [0, 0.05) is 10.7 Å². The van der Waals surface area contributed by atoms with Gasteiger partial charge in [-0.15, -0.1) is 0 Å². The van der Waals surface area contributed by atoms with Gasteiger partial charge < -0.3 is 15.4 Å². The number of nitriles is 1. The number of ether oxygens (including phenoxy) is 1. The number of benzene rings is 2. The molecule has 0 unspecified atom stereocenters. The van der Waals surface area contributed by atoms with Gasteiger partial charge in [0.2, 0.25) is 0 Å². The number of anilines is 1. The summed E-state index contributed by atoms with van der Waals surface area (Å²) in [5.74, 6) is 0.693. The molecule has 0 aliphatic carbocycles. The molecule has 2 rings (SSSR count). The predicted molar refractivity (Wildman–Crippen MR) is 85.1 cm³/mol. The van der Waals surface area contributed by atoms with Crippen molar-refractivity contribution in [2.45, 2.75) is 0 Å². The maximum absolute atomic E-state index is 11.7. The molecule has 0 aromatic heterocycles. The van der Waals surface area contributed by atoms with Crippen LogP contribution in [0.15, 0.2) is 48.5 Å². The molecule has 0 aliphatic rings. The summed E-state index contributed by atoms with van der Waals surface area (Å²) in [7, 11) is 0. The molecular weight excluding hydrogens is 302 g/mol. The summed E-state index contributed by atoms with van der Waals surface area (Å²) in [5, 5.41) is 14.7. The van der Waals surface area contributed by atoms with E-state index >= 15 is 0 Å². The minimum absolute atomic E-state index is 0.329. The molecule has 2 aromatic rings. The molecule has 2 N–H and O–H groups in total. The van der Waals surface area contributed by atoms with Gasteiger partial charge in [0.1, 0.15) is 12.4 Å². The first-order valence-corrected chi connectivity index (χ1v) is 6.98. The van der Waals surface area contributed by atoms with Crippen LogP contribution in [0.1, 0.15) is 5.56 Å². The van der Waals surface area contributed by atoms with Gasteiger partial charge in [-0.05, 0) is 48.5 Å². The molecule has 0 aliphatic heterocycles. The number of carbonyl (C=O) groups excluding carboxylic acids is 1. The fraction of sp³-hybridized carbons (Fsp3) is 0.125. The first-order chi connectivity index (χ1) is 10.7. The van der Waals surface area contributed by atoms with Crippen molar-refractivity contribution < 1.29 is 9.53 Å². The minimum atomic E-state index is -0.329. The van der Waals surface area contributed by atoms with E-state index in [4.69, 9.17) is 21.6 Å². The van der Waals surface area contributed by atoms with Crippen molar-refractivity contribution in [3.8, 4) is 11.8 Å². The first-order valence-electron chi connectivity index (χ1n) is 6.61. The first kappa shape index (κ1) is 15.7. The zero-order valence-corrected chi connectivity index (χ0v) is 12.4.